The van der Waals surface area contributed by atoms with Crippen LogP contribution in [0.25, 0.3) is 0 Å². The molecule has 0 aliphatic carbocycles. The zero-order valence-corrected chi connectivity index (χ0v) is 11.1. The maximum atomic E-state index is 4.96. The van der Waals surface area contributed by atoms with E-state index < -0.39 is 0 Å². The maximum absolute atomic E-state index is 4.96. The Kier molecular flexibility index (Phi) is 11.8. The second-order valence-electron chi connectivity index (χ2n) is 3.10. The molecule has 0 aromatic rings. The van der Waals surface area contributed by atoms with Crippen LogP contribution >= 0.6 is 0 Å². The third-order valence-electron chi connectivity index (χ3n) is 1.61. The summed E-state index contributed by atoms with van der Waals surface area (Å²) >= 11 is 0. The molecule has 0 bridgehead atoms. The molecular weight excluding hydrogens is 167 g/mol. The minimum absolute atomic E-state index is 0. The van der Waals surface area contributed by atoms with Crippen LogP contribution in [0.2, 0.25) is 0 Å². The molecule has 0 atom stereocenters. The van der Waals surface area contributed by atoms with Crippen molar-refractivity contribution in [2.45, 2.75) is 0 Å². The van der Waals surface area contributed by atoms with Gasteiger partial charge in [0.05, 0.1) is 6.61 Å². The number of likely N-dealkylation sites (N-methyl/N-ethyl adjacent to an activating group) is 2. The molecule has 0 amide bonds. The van der Waals surface area contributed by atoms with Crippen LogP contribution in [0.1, 0.15) is 0 Å². The fraction of sp³-hybridized carbons (Fsp3) is 1.00. The zero-order valence-electron chi connectivity index (χ0n) is 9.13. The monoisotopic (exact) mass is 189 g/mol. The van der Waals surface area contributed by atoms with Gasteiger partial charge >= 0.3 is 0 Å². The van der Waals surface area contributed by atoms with E-state index in [1.54, 1.807) is 7.11 Å². The first-order chi connectivity index (χ1) is 5.16. The number of rotatable bonds is 6. The summed E-state index contributed by atoms with van der Waals surface area (Å²) in [5.41, 5.74) is 0. The second kappa shape index (κ2) is 9.50. The lowest BCUT2D eigenvalue weighted by molar-refractivity contribution is 0.156. The van der Waals surface area contributed by atoms with E-state index in [0.717, 1.165) is 26.2 Å². The molecule has 0 N–H and O–H groups in total. The highest BCUT2D eigenvalue weighted by Gasteiger charge is 1.97. The van der Waals surface area contributed by atoms with Crippen LogP contribution in [0.4, 0.5) is 0 Å². The highest BCUT2D eigenvalue weighted by Crippen LogP contribution is 1.83. The second-order valence-corrected chi connectivity index (χ2v) is 3.10. The standard InChI is InChI=1S/C8H20N2O.Al.2H/c1-9(2)5-6-10(3)7-8-11-4;;;/h5-8H2,1-4H3;;;. The molecular formula is C8H22AlN2O. The van der Waals surface area contributed by atoms with Crippen molar-refractivity contribution in [1.82, 2.24) is 9.80 Å². The molecule has 0 spiro atoms. The summed E-state index contributed by atoms with van der Waals surface area (Å²) in [6.45, 7) is 4.06. The van der Waals surface area contributed by atoms with Crippen molar-refractivity contribution in [3.8, 4) is 0 Å². The largest absolute Gasteiger partial charge is 0.383 e. The van der Waals surface area contributed by atoms with Crippen LogP contribution in [0.3, 0.4) is 0 Å². The first kappa shape index (κ1) is 14.9. The summed E-state index contributed by atoms with van der Waals surface area (Å²) in [5, 5.41) is 0. The third-order valence-corrected chi connectivity index (χ3v) is 1.61. The molecule has 1 radical (unpaired) electrons. The predicted octanol–water partition coefficient (Wildman–Crippen LogP) is -0.790. The van der Waals surface area contributed by atoms with Gasteiger partial charge in [-0.15, -0.1) is 0 Å². The molecule has 0 fully saturated rings. The van der Waals surface area contributed by atoms with Gasteiger partial charge in [0.1, 0.15) is 17.4 Å². The molecule has 3 nitrogen and oxygen atoms in total. The molecule has 0 aliphatic rings. The van der Waals surface area contributed by atoms with Crippen molar-refractivity contribution in [1.29, 1.82) is 0 Å². The molecule has 0 aromatic carbocycles. The minimum Gasteiger partial charge on any atom is -0.383 e. The lowest BCUT2D eigenvalue weighted by Crippen LogP contribution is -2.30. The molecule has 73 valence electrons. The minimum atomic E-state index is 0. The molecule has 0 rings (SSSR count). The van der Waals surface area contributed by atoms with Crippen LogP contribution < -0.4 is 0 Å². The van der Waals surface area contributed by atoms with E-state index in [1.165, 1.54) is 0 Å². The Bertz CT molecular complexity index is 91.1. The van der Waals surface area contributed by atoms with Crippen molar-refractivity contribution >= 4 is 17.4 Å². The average molecular weight is 189 g/mol. The van der Waals surface area contributed by atoms with E-state index in [2.05, 4.69) is 30.9 Å². The first-order valence-electron chi connectivity index (χ1n) is 3.99. The highest BCUT2D eigenvalue weighted by molar-refractivity contribution is 5.75. The van der Waals surface area contributed by atoms with Crippen LogP contribution in [-0.4, -0.2) is 81.7 Å². The van der Waals surface area contributed by atoms with Gasteiger partial charge in [0.15, 0.2) is 0 Å². The quantitative estimate of drug-likeness (QED) is 0.509. The number of hydrogen-bond acceptors (Lipinski definition) is 3. The lowest BCUT2D eigenvalue weighted by Gasteiger charge is -2.18. The van der Waals surface area contributed by atoms with Gasteiger partial charge in [-0.3, -0.25) is 0 Å². The Hall–Kier alpha value is 0.412. The predicted molar refractivity (Wildman–Crippen MR) is 56.5 cm³/mol. The Labute approximate surface area is 86.8 Å². The average Bonchev–Trinajstić information content (AvgIpc) is 1.97. The molecule has 4 heteroatoms. The van der Waals surface area contributed by atoms with Gasteiger partial charge in [0, 0.05) is 26.7 Å². The van der Waals surface area contributed by atoms with E-state index >= 15 is 0 Å². The van der Waals surface area contributed by atoms with Crippen molar-refractivity contribution in [2.24, 2.45) is 0 Å². The molecule has 0 heterocycles. The van der Waals surface area contributed by atoms with Gasteiger partial charge in [-0.1, -0.05) is 0 Å². The van der Waals surface area contributed by atoms with Gasteiger partial charge in [0.25, 0.3) is 0 Å². The maximum Gasteiger partial charge on any atom is 0.146 e. The Balaban J connectivity index is 0. The van der Waals surface area contributed by atoms with E-state index in [4.69, 9.17) is 4.74 Å². The van der Waals surface area contributed by atoms with Crippen LogP contribution in [-0.2, 0) is 4.74 Å². The summed E-state index contributed by atoms with van der Waals surface area (Å²) in [6.07, 6.45) is 0. The summed E-state index contributed by atoms with van der Waals surface area (Å²) in [6, 6.07) is 0. The van der Waals surface area contributed by atoms with E-state index in [1.807, 2.05) is 0 Å². The van der Waals surface area contributed by atoms with Crippen molar-refractivity contribution in [3.05, 3.63) is 0 Å². The Morgan fingerprint density at radius 1 is 1.00 bits per heavy atom. The molecule has 0 saturated heterocycles. The van der Waals surface area contributed by atoms with Gasteiger partial charge in [-0.25, -0.2) is 0 Å². The lowest BCUT2D eigenvalue weighted by atomic mass is 10.5. The molecule has 0 unspecified atom stereocenters. The molecule has 0 aliphatic heterocycles. The topological polar surface area (TPSA) is 15.7 Å². The number of ether oxygens (including phenoxy) is 1. The fourth-order valence-electron chi connectivity index (χ4n) is 0.730. The fourth-order valence-corrected chi connectivity index (χ4v) is 0.730. The van der Waals surface area contributed by atoms with E-state index in [-0.39, 0.29) is 17.4 Å². The molecule has 0 saturated carbocycles. The summed E-state index contributed by atoms with van der Waals surface area (Å²) < 4.78 is 4.96. The van der Waals surface area contributed by atoms with Crippen molar-refractivity contribution in [3.63, 3.8) is 0 Å². The van der Waals surface area contributed by atoms with Gasteiger partial charge in [-0.2, -0.15) is 0 Å². The van der Waals surface area contributed by atoms with Crippen LogP contribution in [0.15, 0.2) is 0 Å². The third kappa shape index (κ3) is 10.4. The smallest absolute Gasteiger partial charge is 0.146 e. The zero-order chi connectivity index (χ0) is 8.69. The van der Waals surface area contributed by atoms with Crippen molar-refractivity contribution < 1.29 is 4.74 Å². The van der Waals surface area contributed by atoms with E-state index in [0.29, 0.717) is 0 Å². The number of hydrogen-bond donors (Lipinski definition) is 0. The SMILES string of the molecule is COCCN(C)CCN(C)C.[AlH2]. The van der Waals surface area contributed by atoms with Crippen LogP contribution in [0, 0.1) is 0 Å². The number of nitrogens with zero attached hydrogens (tertiary/aromatic N) is 2. The summed E-state index contributed by atoms with van der Waals surface area (Å²) in [5.74, 6) is 0. The van der Waals surface area contributed by atoms with Gasteiger partial charge in [0.2, 0.25) is 0 Å². The van der Waals surface area contributed by atoms with Gasteiger partial charge < -0.3 is 14.5 Å². The number of methoxy groups -OCH3 is 1. The van der Waals surface area contributed by atoms with Crippen LogP contribution in [0.5, 0.6) is 0 Å². The Morgan fingerprint density at radius 2 is 1.58 bits per heavy atom. The molecule has 12 heavy (non-hydrogen) atoms. The van der Waals surface area contributed by atoms with Crippen molar-refractivity contribution in [2.75, 3.05) is 54.5 Å². The first-order valence-corrected chi connectivity index (χ1v) is 3.99. The highest BCUT2D eigenvalue weighted by atomic mass is 27.0. The summed E-state index contributed by atoms with van der Waals surface area (Å²) in [7, 11) is 8.02. The summed E-state index contributed by atoms with van der Waals surface area (Å²) in [4.78, 5) is 4.45. The molecule has 0 aromatic heterocycles. The van der Waals surface area contributed by atoms with Gasteiger partial charge in [-0.05, 0) is 21.1 Å². The Morgan fingerprint density at radius 3 is 2.00 bits per heavy atom. The normalized spacial score (nSPS) is 10.5. The van der Waals surface area contributed by atoms with E-state index in [9.17, 15) is 0 Å².